The molecule has 1 aromatic carbocycles. The van der Waals surface area contributed by atoms with E-state index >= 15 is 0 Å². The normalized spacial score (nSPS) is 10.4. The molecule has 0 spiro atoms. The summed E-state index contributed by atoms with van der Waals surface area (Å²) in [5.41, 5.74) is 1.71. The third-order valence-corrected chi connectivity index (χ3v) is 1.70. The zero-order valence-corrected chi connectivity index (χ0v) is 8.15. The molecule has 14 heavy (non-hydrogen) atoms. The van der Waals surface area contributed by atoms with E-state index in [9.17, 15) is 9.90 Å². The van der Waals surface area contributed by atoms with E-state index in [2.05, 4.69) is 4.74 Å². The van der Waals surface area contributed by atoms with Crippen molar-refractivity contribution < 1.29 is 14.6 Å². The Morgan fingerprint density at radius 2 is 2.14 bits per heavy atom. The number of carbonyl (C=O) groups is 1. The lowest BCUT2D eigenvalue weighted by molar-refractivity contribution is -0.134. The van der Waals surface area contributed by atoms with E-state index in [1.165, 1.54) is 13.2 Å². The molecule has 0 saturated carbocycles. The number of esters is 1. The van der Waals surface area contributed by atoms with Gasteiger partial charge in [0.05, 0.1) is 7.11 Å². The van der Waals surface area contributed by atoms with Crippen molar-refractivity contribution in [1.82, 2.24) is 0 Å². The lowest BCUT2D eigenvalue weighted by Crippen LogP contribution is -1.93. The van der Waals surface area contributed by atoms with Crippen molar-refractivity contribution in [3.8, 4) is 5.75 Å². The predicted octanol–water partition coefficient (Wildman–Crippen LogP) is 1.89. The van der Waals surface area contributed by atoms with E-state index in [0.29, 0.717) is 0 Å². The van der Waals surface area contributed by atoms with Crippen LogP contribution in [0, 0.1) is 6.92 Å². The molecule has 0 bridgehead atoms. The summed E-state index contributed by atoms with van der Waals surface area (Å²) in [5, 5.41) is 9.27. The number of rotatable bonds is 2. The first-order valence-electron chi connectivity index (χ1n) is 4.18. The fourth-order valence-corrected chi connectivity index (χ4v) is 1.12. The molecule has 3 nitrogen and oxygen atoms in total. The first-order valence-corrected chi connectivity index (χ1v) is 4.18. The minimum absolute atomic E-state index is 0.189. The van der Waals surface area contributed by atoms with Crippen molar-refractivity contribution >= 4 is 12.0 Å². The maximum Gasteiger partial charge on any atom is 0.330 e. The van der Waals surface area contributed by atoms with Crippen molar-refractivity contribution in [3.63, 3.8) is 0 Å². The zero-order valence-electron chi connectivity index (χ0n) is 8.15. The quantitative estimate of drug-likeness (QED) is 0.575. The zero-order chi connectivity index (χ0) is 10.6. The van der Waals surface area contributed by atoms with Crippen molar-refractivity contribution in [2.45, 2.75) is 6.92 Å². The number of aryl methyl sites for hydroxylation is 1. The molecule has 1 aromatic rings. The van der Waals surface area contributed by atoms with E-state index in [1.807, 2.05) is 13.0 Å². The number of phenols is 1. The molecule has 0 aliphatic carbocycles. The van der Waals surface area contributed by atoms with Gasteiger partial charge in [-0.25, -0.2) is 4.79 Å². The molecule has 0 amide bonds. The van der Waals surface area contributed by atoms with Crippen LogP contribution in [0.2, 0.25) is 0 Å². The van der Waals surface area contributed by atoms with Crippen LogP contribution in [0.15, 0.2) is 24.3 Å². The van der Waals surface area contributed by atoms with Gasteiger partial charge in [-0.3, -0.25) is 0 Å². The molecular weight excluding hydrogens is 180 g/mol. The maximum absolute atomic E-state index is 10.8. The van der Waals surface area contributed by atoms with Crippen LogP contribution in [-0.2, 0) is 9.53 Å². The largest absolute Gasteiger partial charge is 0.508 e. The molecule has 0 unspecified atom stereocenters. The van der Waals surface area contributed by atoms with Crippen LogP contribution in [0.25, 0.3) is 6.08 Å². The summed E-state index contributed by atoms with van der Waals surface area (Å²) in [4.78, 5) is 10.8. The number of aromatic hydroxyl groups is 1. The van der Waals surface area contributed by atoms with Crippen LogP contribution in [0.1, 0.15) is 11.1 Å². The second kappa shape index (κ2) is 4.46. The molecule has 74 valence electrons. The van der Waals surface area contributed by atoms with Gasteiger partial charge in [0.25, 0.3) is 0 Å². The van der Waals surface area contributed by atoms with Crippen molar-refractivity contribution in [1.29, 1.82) is 0 Å². The summed E-state index contributed by atoms with van der Waals surface area (Å²) < 4.78 is 4.44. The molecule has 0 heterocycles. The molecule has 0 atom stereocenters. The molecule has 3 heteroatoms. The number of phenolic OH excluding ortho intramolecular Hbond substituents is 1. The number of benzene rings is 1. The van der Waals surface area contributed by atoms with Gasteiger partial charge < -0.3 is 9.84 Å². The Labute approximate surface area is 82.6 Å². The minimum Gasteiger partial charge on any atom is -0.508 e. The van der Waals surface area contributed by atoms with Gasteiger partial charge in [-0.15, -0.1) is 0 Å². The molecule has 0 radical (unpaired) electrons. The average molecular weight is 192 g/mol. The number of hydrogen-bond donors (Lipinski definition) is 1. The molecule has 0 aromatic heterocycles. The van der Waals surface area contributed by atoms with Gasteiger partial charge in [-0.1, -0.05) is 6.07 Å². The standard InChI is InChI=1S/C11H12O3/c1-8-5-9(7-10(12)6-8)3-4-11(13)14-2/h3-7,12H,1-2H3/b4-3+. The van der Waals surface area contributed by atoms with Gasteiger partial charge in [0.2, 0.25) is 0 Å². The van der Waals surface area contributed by atoms with Gasteiger partial charge in [-0.05, 0) is 36.3 Å². The highest BCUT2D eigenvalue weighted by molar-refractivity contribution is 5.87. The summed E-state index contributed by atoms with van der Waals surface area (Å²) in [5.74, 6) is -0.222. The van der Waals surface area contributed by atoms with E-state index in [4.69, 9.17) is 0 Å². The van der Waals surface area contributed by atoms with E-state index in [0.717, 1.165) is 11.1 Å². The van der Waals surface area contributed by atoms with Gasteiger partial charge in [0.15, 0.2) is 0 Å². The Bertz CT molecular complexity index is 347. The Balaban J connectivity index is 2.86. The van der Waals surface area contributed by atoms with Crippen LogP contribution in [0.5, 0.6) is 5.75 Å². The Morgan fingerprint density at radius 1 is 1.43 bits per heavy atom. The monoisotopic (exact) mass is 192 g/mol. The van der Waals surface area contributed by atoms with E-state index < -0.39 is 5.97 Å². The number of hydrogen-bond acceptors (Lipinski definition) is 3. The Morgan fingerprint density at radius 3 is 2.71 bits per heavy atom. The van der Waals surface area contributed by atoms with Crippen molar-refractivity contribution in [2.24, 2.45) is 0 Å². The smallest absolute Gasteiger partial charge is 0.330 e. The third kappa shape index (κ3) is 2.94. The predicted molar refractivity (Wildman–Crippen MR) is 53.9 cm³/mol. The molecule has 0 saturated heterocycles. The number of carbonyl (C=O) groups excluding carboxylic acids is 1. The van der Waals surface area contributed by atoms with Crippen molar-refractivity contribution in [2.75, 3.05) is 7.11 Å². The maximum atomic E-state index is 10.8. The van der Waals surface area contributed by atoms with Gasteiger partial charge in [0, 0.05) is 6.08 Å². The lowest BCUT2D eigenvalue weighted by Gasteiger charge is -1.98. The topological polar surface area (TPSA) is 46.5 Å². The Hall–Kier alpha value is -1.77. The first kappa shape index (κ1) is 10.3. The van der Waals surface area contributed by atoms with E-state index in [1.54, 1.807) is 18.2 Å². The summed E-state index contributed by atoms with van der Waals surface area (Å²) in [6, 6.07) is 5.08. The highest BCUT2D eigenvalue weighted by atomic mass is 16.5. The summed E-state index contributed by atoms with van der Waals surface area (Å²) in [6.45, 7) is 1.87. The molecule has 1 rings (SSSR count). The van der Waals surface area contributed by atoms with Crippen molar-refractivity contribution in [3.05, 3.63) is 35.4 Å². The molecule has 1 N–H and O–H groups in total. The fraction of sp³-hybridized carbons (Fsp3) is 0.182. The van der Waals surface area contributed by atoms with Crippen LogP contribution in [-0.4, -0.2) is 18.2 Å². The van der Waals surface area contributed by atoms with Crippen LogP contribution in [0.3, 0.4) is 0 Å². The second-order valence-corrected chi connectivity index (χ2v) is 2.96. The fourth-order valence-electron chi connectivity index (χ4n) is 1.12. The van der Waals surface area contributed by atoms with Crippen LogP contribution < -0.4 is 0 Å². The van der Waals surface area contributed by atoms with Crippen LogP contribution in [0.4, 0.5) is 0 Å². The van der Waals surface area contributed by atoms with E-state index in [-0.39, 0.29) is 5.75 Å². The average Bonchev–Trinajstić information content (AvgIpc) is 2.12. The SMILES string of the molecule is COC(=O)/C=C/c1cc(C)cc(O)c1. The van der Waals surface area contributed by atoms with Crippen LogP contribution >= 0.6 is 0 Å². The highest BCUT2D eigenvalue weighted by Crippen LogP contribution is 2.15. The third-order valence-electron chi connectivity index (χ3n) is 1.70. The second-order valence-electron chi connectivity index (χ2n) is 2.96. The summed E-state index contributed by atoms with van der Waals surface area (Å²) in [7, 11) is 1.32. The summed E-state index contributed by atoms with van der Waals surface area (Å²) >= 11 is 0. The van der Waals surface area contributed by atoms with Gasteiger partial charge in [-0.2, -0.15) is 0 Å². The molecule has 0 aliphatic rings. The first-order chi connectivity index (χ1) is 6.61. The summed E-state index contributed by atoms with van der Waals surface area (Å²) in [6.07, 6.45) is 2.91. The lowest BCUT2D eigenvalue weighted by atomic mass is 10.1. The number of ether oxygens (including phenoxy) is 1. The van der Waals surface area contributed by atoms with Gasteiger partial charge in [0.1, 0.15) is 5.75 Å². The number of methoxy groups -OCH3 is 1. The molecule has 0 aliphatic heterocycles. The molecule has 0 fully saturated rings. The highest BCUT2D eigenvalue weighted by Gasteiger charge is 1.95. The molecular formula is C11H12O3. The Kier molecular flexibility index (Phi) is 3.29. The minimum atomic E-state index is -0.411. The van der Waals surface area contributed by atoms with Gasteiger partial charge >= 0.3 is 5.97 Å².